The van der Waals surface area contributed by atoms with Crippen LogP contribution in [0.2, 0.25) is 0 Å². The van der Waals surface area contributed by atoms with Gasteiger partial charge >= 0.3 is 5.97 Å². The van der Waals surface area contributed by atoms with Crippen molar-refractivity contribution in [3.05, 3.63) is 35.9 Å². The molecule has 0 aromatic heterocycles. The summed E-state index contributed by atoms with van der Waals surface area (Å²) in [5.74, 6) is -0.287. The molecule has 1 heterocycles. The van der Waals surface area contributed by atoms with Crippen LogP contribution in [0, 0.1) is 17.8 Å². The number of Topliss-reactive ketones (excluding diaryl/α,β-unsaturated/α-hetero) is 1. The molecular formula is C19H24O3. The van der Waals surface area contributed by atoms with Crippen LogP contribution in [0.1, 0.15) is 51.0 Å². The number of hydrogen-bond donors (Lipinski definition) is 0. The number of carbonyl (C=O) groups excluding carboxylic acids is 2. The van der Waals surface area contributed by atoms with Crippen LogP contribution in [0.4, 0.5) is 0 Å². The van der Waals surface area contributed by atoms with Crippen molar-refractivity contribution < 1.29 is 14.3 Å². The maximum atomic E-state index is 12.9. The van der Waals surface area contributed by atoms with Gasteiger partial charge in [0.2, 0.25) is 0 Å². The van der Waals surface area contributed by atoms with E-state index in [-0.39, 0.29) is 23.6 Å². The Bertz CT molecular complexity index is 543. The molecule has 2 aliphatic rings. The highest BCUT2D eigenvalue weighted by Crippen LogP contribution is 2.49. The summed E-state index contributed by atoms with van der Waals surface area (Å²) in [4.78, 5) is 25.3. The Labute approximate surface area is 132 Å². The lowest BCUT2D eigenvalue weighted by Crippen LogP contribution is -2.31. The van der Waals surface area contributed by atoms with Gasteiger partial charge in [-0.2, -0.15) is 0 Å². The Morgan fingerprint density at radius 3 is 2.27 bits per heavy atom. The average molecular weight is 300 g/mol. The van der Waals surface area contributed by atoms with Gasteiger partial charge in [0.15, 0.2) is 11.9 Å². The smallest absolute Gasteiger partial charge is 0.318 e. The zero-order valence-corrected chi connectivity index (χ0v) is 13.3. The molecule has 3 heteroatoms. The number of benzene rings is 1. The minimum absolute atomic E-state index is 0.000521. The molecule has 2 fully saturated rings. The van der Waals surface area contributed by atoms with E-state index in [1.54, 1.807) is 0 Å². The monoisotopic (exact) mass is 300 g/mol. The van der Waals surface area contributed by atoms with E-state index in [2.05, 4.69) is 13.8 Å². The summed E-state index contributed by atoms with van der Waals surface area (Å²) in [5, 5.41) is 0. The van der Waals surface area contributed by atoms with Crippen LogP contribution in [0.25, 0.3) is 0 Å². The van der Waals surface area contributed by atoms with Crippen molar-refractivity contribution in [2.75, 3.05) is 0 Å². The third kappa shape index (κ3) is 2.69. The van der Waals surface area contributed by atoms with E-state index in [0.717, 1.165) is 31.2 Å². The Morgan fingerprint density at radius 2 is 1.73 bits per heavy atom. The molecule has 1 aliphatic carbocycles. The molecule has 1 aromatic rings. The molecule has 22 heavy (non-hydrogen) atoms. The molecule has 1 saturated heterocycles. The van der Waals surface area contributed by atoms with Crippen LogP contribution < -0.4 is 0 Å². The van der Waals surface area contributed by atoms with Gasteiger partial charge in [-0.1, -0.05) is 44.2 Å². The standard InChI is InChI=1S/C19H24O3/c1-3-12(4-2)18-17(20)16(19(21)22-18)15(14-10-11-14)13-8-6-5-7-9-13/h5-9,12,14-16,18H,3-4,10-11H2,1-2H3. The maximum Gasteiger partial charge on any atom is 0.318 e. The normalized spacial score (nSPS) is 26.3. The van der Waals surface area contributed by atoms with Crippen LogP contribution >= 0.6 is 0 Å². The van der Waals surface area contributed by atoms with Crippen LogP contribution in [-0.4, -0.2) is 17.9 Å². The van der Waals surface area contributed by atoms with E-state index < -0.39 is 12.0 Å². The van der Waals surface area contributed by atoms with Gasteiger partial charge in [0.25, 0.3) is 0 Å². The molecule has 0 radical (unpaired) electrons. The Kier molecular flexibility index (Phi) is 4.32. The fourth-order valence-corrected chi connectivity index (χ4v) is 3.79. The lowest BCUT2D eigenvalue weighted by molar-refractivity contribution is -0.147. The van der Waals surface area contributed by atoms with Gasteiger partial charge in [-0.15, -0.1) is 0 Å². The van der Waals surface area contributed by atoms with Crippen LogP contribution in [0.15, 0.2) is 30.3 Å². The van der Waals surface area contributed by atoms with Gasteiger partial charge < -0.3 is 4.74 Å². The molecule has 118 valence electrons. The molecule has 3 atom stereocenters. The van der Waals surface area contributed by atoms with Crippen LogP contribution in [-0.2, 0) is 14.3 Å². The molecular weight excluding hydrogens is 276 g/mol. The first-order chi connectivity index (χ1) is 10.7. The van der Waals surface area contributed by atoms with Crippen LogP contribution in [0.3, 0.4) is 0 Å². The van der Waals surface area contributed by atoms with Crippen molar-refractivity contribution in [1.82, 2.24) is 0 Å². The van der Waals surface area contributed by atoms with Crippen molar-refractivity contribution in [2.24, 2.45) is 17.8 Å². The fourth-order valence-electron chi connectivity index (χ4n) is 3.79. The summed E-state index contributed by atoms with van der Waals surface area (Å²) in [6.07, 6.45) is 3.41. The van der Waals surface area contributed by atoms with E-state index in [0.29, 0.717) is 5.92 Å². The van der Waals surface area contributed by atoms with Gasteiger partial charge in [-0.3, -0.25) is 9.59 Å². The second kappa shape index (κ2) is 6.23. The minimum atomic E-state index is -0.597. The SMILES string of the molecule is CCC(CC)C1OC(=O)C(C(c2ccccc2)C2CC2)C1=O. The molecule has 1 aromatic carbocycles. The number of cyclic esters (lactones) is 1. The van der Waals surface area contributed by atoms with E-state index >= 15 is 0 Å². The minimum Gasteiger partial charge on any atom is -0.453 e. The average Bonchev–Trinajstić information content (AvgIpc) is 3.33. The highest BCUT2D eigenvalue weighted by atomic mass is 16.6. The van der Waals surface area contributed by atoms with Crippen molar-refractivity contribution in [3.63, 3.8) is 0 Å². The lowest BCUT2D eigenvalue weighted by atomic mass is 9.78. The topological polar surface area (TPSA) is 43.4 Å². The first-order valence-corrected chi connectivity index (χ1v) is 8.46. The van der Waals surface area contributed by atoms with Crippen molar-refractivity contribution in [1.29, 1.82) is 0 Å². The fraction of sp³-hybridized carbons (Fsp3) is 0.579. The molecule has 0 spiro atoms. The molecule has 3 rings (SSSR count). The first-order valence-electron chi connectivity index (χ1n) is 8.46. The molecule has 0 amide bonds. The van der Waals surface area contributed by atoms with E-state index in [9.17, 15) is 9.59 Å². The van der Waals surface area contributed by atoms with E-state index in [4.69, 9.17) is 4.74 Å². The molecule has 0 bridgehead atoms. The zero-order chi connectivity index (χ0) is 15.7. The van der Waals surface area contributed by atoms with Crippen molar-refractivity contribution in [2.45, 2.75) is 51.6 Å². The van der Waals surface area contributed by atoms with Crippen LogP contribution in [0.5, 0.6) is 0 Å². The Balaban J connectivity index is 1.89. The third-order valence-electron chi connectivity index (χ3n) is 5.23. The molecule has 1 saturated carbocycles. The second-order valence-corrected chi connectivity index (χ2v) is 6.59. The van der Waals surface area contributed by atoms with Crippen molar-refractivity contribution in [3.8, 4) is 0 Å². The Morgan fingerprint density at radius 1 is 1.09 bits per heavy atom. The molecule has 3 nitrogen and oxygen atoms in total. The summed E-state index contributed by atoms with van der Waals surface area (Å²) in [7, 11) is 0. The molecule has 0 N–H and O–H groups in total. The molecule has 3 unspecified atom stereocenters. The van der Waals surface area contributed by atoms with Gasteiger partial charge in [0.1, 0.15) is 5.92 Å². The predicted octanol–water partition coefficient (Wildman–Crippen LogP) is 3.73. The summed E-state index contributed by atoms with van der Waals surface area (Å²) in [6.45, 7) is 4.11. The van der Waals surface area contributed by atoms with E-state index in [1.165, 1.54) is 0 Å². The van der Waals surface area contributed by atoms with Gasteiger partial charge in [-0.05, 0) is 37.2 Å². The highest BCUT2D eigenvalue weighted by molar-refractivity contribution is 6.07. The molecule has 1 aliphatic heterocycles. The highest BCUT2D eigenvalue weighted by Gasteiger charge is 2.53. The Hall–Kier alpha value is -1.64. The summed E-state index contributed by atoms with van der Waals surface area (Å²) in [6, 6.07) is 10.00. The summed E-state index contributed by atoms with van der Waals surface area (Å²) >= 11 is 0. The first kappa shape index (κ1) is 15.3. The summed E-state index contributed by atoms with van der Waals surface area (Å²) in [5.41, 5.74) is 1.10. The largest absolute Gasteiger partial charge is 0.453 e. The quantitative estimate of drug-likeness (QED) is 0.594. The van der Waals surface area contributed by atoms with Crippen molar-refractivity contribution >= 4 is 11.8 Å². The number of hydrogen-bond acceptors (Lipinski definition) is 3. The number of esters is 1. The maximum absolute atomic E-state index is 12.9. The zero-order valence-electron chi connectivity index (χ0n) is 13.3. The van der Waals surface area contributed by atoms with Gasteiger partial charge in [0, 0.05) is 11.8 Å². The number of carbonyl (C=O) groups is 2. The second-order valence-electron chi connectivity index (χ2n) is 6.59. The lowest BCUT2D eigenvalue weighted by Gasteiger charge is -2.21. The van der Waals surface area contributed by atoms with Gasteiger partial charge in [-0.25, -0.2) is 0 Å². The van der Waals surface area contributed by atoms with E-state index in [1.807, 2.05) is 30.3 Å². The number of ketones is 1. The van der Waals surface area contributed by atoms with Gasteiger partial charge in [0.05, 0.1) is 0 Å². The summed E-state index contributed by atoms with van der Waals surface area (Å²) < 4.78 is 5.52. The number of rotatable bonds is 6. The number of ether oxygens (including phenoxy) is 1. The third-order valence-corrected chi connectivity index (χ3v) is 5.23. The predicted molar refractivity (Wildman–Crippen MR) is 84.4 cm³/mol.